The van der Waals surface area contributed by atoms with Crippen molar-refractivity contribution in [1.82, 2.24) is 15.1 Å². The normalized spacial score (nSPS) is 10.6. The number of aromatic nitrogens is 2. The van der Waals surface area contributed by atoms with Crippen molar-refractivity contribution in [3.8, 4) is 0 Å². The van der Waals surface area contributed by atoms with Gasteiger partial charge in [0, 0.05) is 22.7 Å². The van der Waals surface area contributed by atoms with Crippen LogP contribution in [0.4, 0.5) is 0 Å². The highest BCUT2D eigenvalue weighted by Gasteiger charge is 2.10. The van der Waals surface area contributed by atoms with E-state index in [0.717, 1.165) is 11.1 Å². The van der Waals surface area contributed by atoms with Crippen LogP contribution in [0.1, 0.15) is 21.6 Å². The maximum atomic E-state index is 12.3. The molecule has 0 unspecified atom stereocenters. The molecule has 0 aliphatic rings. The number of halogens is 2. The van der Waals surface area contributed by atoms with Crippen molar-refractivity contribution >= 4 is 29.1 Å². The minimum atomic E-state index is -0.345. The predicted octanol–water partition coefficient (Wildman–Crippen LogP) is 3.57. The lowest BCUT2D eigenvalue weighted by Gasteiger charge is -2.09. The summed E-state index contributed by atoms with van der Waals surface area (Å²) in [5.41, 5.74) is 1.75. The molecule has 0 saturated heterocycles. The van der Waals surface area contributed by atoms with Gasteiger partial charge in [-0.15, -0.1) is 0 Å². The Bertz CT molecular complexity index is 1000. The number of carbonyl (C=O) groups is 1. The van der Waals surface area contributed by atoms with E-state index in [0.29, 0.717) is 29.6 Å². The van der Waals surface area contributed by atoms with Crippen LogP contribution >= 0.6 is 23.2 Å². The Kier molecular flexibility index (Phi) is 6.27. The van der Waals surface area contributed by atoms with Gasteiger partial charge in [0.05, 0.1) is 6.54 Å². The molecule has 7 heteroatoms. The summed E-state index contributed by atoms with van der Waals surface area (Å²) >= 11 is 12.0. The van der Waals surface area contributed by atoms with Crippen molar-refractivity contribution in [3.63, 3.8) is 0 Å². The first-order chi connectivity index (χ1) is 13.0. The van der Waals surface area contributed by atoms with Crippen LogP contribution < -0.4 is 10.9 Å². The highest BCUT2D eigenvalue weighted by molar-refractivity contribution is 6.35. The number of rotatable bonds is 6. The first-order valence-electron chi connectivity index (χ1n) is 8.37. The van der Waals surface area contributed by atoms with Gasteiger partial charge < -0.3 is 5.32 Å². The molecule has 138 valence electrons. The Labute approximate surface area is 166 Å². The second-order valence-corrected chi connectivity index (χ2v) is 6.79. The predicted molar refractivity (Wildman–Crippen MR) is 107 cm³/mol. The number of nitrogens with one attached hydrogen (secondary N) is 1. The summed E-state index contributed by atoms with van der Waals surface area (Å²) in [7, 11) is 0. The van der Waals surface area contributed by atoms with Crippen molar-refractivity contribution in [2.24, 2.45) is 0 Å². The van der Waals surface area contributed by atoms with E-state index >= 15 is 0 Å². The van der Waals surface area contributed by atoms with Gasteiger partial charge in [-0.2, -0.15) is 5.10 Å². The Morgan fingerprint density at radius 1 is 1.04 bits per heavy atom. The topological polar surface area (TPSA) is 64.0 Å². The Morgan fingerprint density at radius 2 is 1.81 bits per heavy atom. The third-order valence-corrected chi connectivity index (χ3v) is 4.56. The molecular formula is C20H17Cl2N3O2. The molecule has 0 bridgehead atoms. The van der Waals surface area contributed by atoms with E-state index in [9.17, 15) is 9.59 Å². The zero-order chi connectivity index (χ0) is 19.2. The van der Waals surface area contributed by atoms with Gasteiger partial charge in [0.15, 0.2) is 0 Å². The third kappa shape index (κ3) is 5.18. The minimum absolute atomic E-state index is 0.188. The molecule has 3 rings (SSSR count). The fraction of sp³-hybridized carbons (Fsp3) is 0.150. The van der Waals surface area contributed by atoms with E-state index in [-0.39, 0.29) is 17.2 Å². The van der Waals surface area contributed by atoms with Crippen molar-refractivity contribution < 1.29 is 4.79 Å². The van der Waals surface area contributed by atoms with Gasteiger partial charge in [-0.05, 0) is 35.7 Å². The van der Waals surface area contributed by atoms with Gasteiger partial charge in [-0.3, -0.25) is 9.59 Å². The van der Waals surface area contributed by atoms with Gasteiger partial charge >= 0.3 is 0 Å². The molecule has 5 nitrogen and oxygen atoms in total. The maximum absolute atomic E-state index is 12.3. The van der Waals surface area contributed by atoms with Gasteiger partial charge in [0.1, 0.15) is 5.69 Å². The van der Waals surface area contributed by atoms with E-state index < -0.39 is 0 Å². The van der Waals surface area contributed by atoms with Crippen LogP contribution in [-0.4, -0.2) is 22.2 Å². The van der Waals surface area contributed by atoms with Crippen molar-refractivity contribution in [1.29, 1.82) is 0 Å². The first-order valence-corrected chi connectivity index (χ1v) is 9.13. The number of benzene rings is 2. The Hall–Kier alpha value is -2.63. The van der Waals surface area contributed by atoms with E-state index in [2.05, 4.69) is 10.4 Å². The van der Waals surface area contributed by atoms with E-state index in [1.807, 2.05) is 36.4 Å². The second-order valence-electron chi connectivity index (χ2n) is 5.94. The zero-order valence-electron chi connectivity index (χ0n) is 14.4. The van der Waals surface area contributed by atoms with Gasteiger partial charge in [-0.25, -0.2) is 4.68 Å². The van der Waals surface area contributed by atoms with Gasteiger partial charge in [-0.1, -0.05) is 59.6 Å². The molecule has 0 fully saturated rings. The number of amides is 1. The summed E-state index contributed by atoms with van der Waals surface area (Å²) in [4.78, 5) is 24.4. The van der Waals surface area contributed by atoms with Gasteiger partial charge in [0.25, 0.3) is 11.5 Å². The molecule has 0 aliphatic carbocycles. The molecule has 27 heavy (non-hydrogen) atoms. The fourth-order valence-corrected chi connectivity index (χ4v) is 3.07. The summed E-state index contributed by atoms with van der Waals surface area (Å²) in [6.45, 7) is 0.695. The summed E-state index contributed by atoms with van der Waals surface area (Å²) in [5, 5.41) is 8.09. The van der Waals surface area contributed by atoms with E-state index in [1.165, 1.54) is 16.8 Å². The zero-order valence-corrected chi connectivity index (χ0v) is 15.9. The first kappa shape index (κ1) is 19.1. The number of nitrogens with zero attached hydrogens (tertiary/aromatic N) is 2. The maximum Gasteiger partial charge on any atom is 0.271 e. The third-order valence-electron chi connectivity index (χ3n) is 3.97. The highest BCUT2D eigenvalue weighted by atomic mass is 35.5. The van der Waals surface area contributed by atoms with Crippen LogP contribution in [0.25, 0.3) is 0 Å². The monoisotopic (exact) mass is 401 g/mol. The van der Waals surface area contributed by atoms with Crippen LogP contribution in [-0.2, 0) is 13.0 Å². The lowest BCUT2D eigenvalue weighted by molar-refractivity contribution is 0.0946. The Balaban J connectivity index is 1.64. The second kappa shape index (κ2) is 8.84. The summed E-state index contributed by atoms with van der Waals surface area (Å²) in [6, 6.07) is 17.5. The summed E-state index contributed by atoms with van der Waals surface area (Å²) in [5.74, 6) is -0.345. The molecular weight excluding hydrogens is 385 g/mol. The van der Waals surface area contributed by atoms with Crippen LogP contribution in [0.5, 0.6) is 0 Å². The number of hydrogen-bond acceptors (Lipinski definition) is 3. The van der Waals surface area contributed by atoms with E-state index in [1.54, 1.807) is 12.1 Å². The van der Waals surface area contributed by atoms with Crippen molar-refractivity contribution in [2.45, 2.75) is 13.0 Å². The average molecular weight is 402 g/mol. The highest BCUT2D eigenvalue weighted by Crippen LogP contribution is 2.21. The van der Waals surface area contributed by atoms with E-state index in [4.69, 9.17) is 23.2 Å². The molecule has 1 N–H and O–H groups in total. The van der Waals surface area contributed by atoms with Crippen LogP contribution in [0.15, 0.2) is 65.5 Å². The minimum Gasteiger partial charge on any atom is -0.350 e. The lowest BCUT2D eigenvalue weighted by Crippen LogP contribution is -2.31. The van der Waals surface area contributed by atoms with Crippen molar-refractivity contribution in [3.05, 3.63) is 97.9 Å². The molecule has 0 spiro atoms. The van der Waals surface area contributed by atoms with Crippen LogP contribution in [0, 0.1) is 0 Å². The summed E-state index contributed by atoms with van der Waals surface area (Å²) in [6.07, 6.45) is 0.561. The molecule has 2 aromatic carbocycles. The Morgan fingerprint density at radius 3 is 2.56 bits per heavy atom. The molecule has 0 aliphatic heterocycles. The average Bonchev–Trinajstić information content (AvgIpc) is 2.66. The van der Waals surface area contributed by atoms with Crippen LogP contribution in [0.2, 0.25) is 10.0 Å². The molecule has 1 heterocycles. The quantitative estimate of drug-likeness (QED) is 0.686. The SMILES string of the molecule is O=C(NCCc1ccc(Cl)cc1Cl)c1ccc(=O)n(Cc2ccccc2)n1. The molecule has 1 aromatic heterocycles. The molecule has 0 atom stereocenters. The van der Waals surface area contributed by atoms with Gasteiger partial charge in [0.2, 0.25) is 0 Å². The summed E-state index contributed by atoms with van der Waals surface area (Å²) < 4.78 is 1.28. The fourth-order valence-electron chi connectivity index (χ4n) is 2.57. The molecule has 1 amide bonds. The molecule has 3 aromatic rings. The van der Waals surface area contributed by atoms with Crippen LogP contribution in [0.3, 0.4) is 0 Å². The largest absolute Gasteiger partial charge is 0.350 e. The number of carbonyl (C=O) groups excluding carboxylic acids is 1. The smallest absolute Gasteiger partial charge is 0.271 e. The lowest BCUT2D eigenvalue weighted by atomic mass is 10.1. The number of hydrogen-bond donors (Lipinski definition) is 1. The molecule has 0 saturated carbocycles. The standard InChI is InChI=1S/C20H17Cl2N3O2/c21-16-7-6-15(17(22)12-16)10-11-23-20(27)18-8-9-19(26)25(24-18)13-14-4-2-1-3-5-14/h1-9,12H,10-11,13H2,(H,23,27). The molecule has 0 radical (unpaired) electrons. The van der Waals surface area contributed by atoms with Crippen molar-refractivity contribution in [2.75, 3.05) is 6.54 Å².